The average Bonchev–Trinajstić information content (AvgIpc) is 2.69. The summed E-state index contributed by atoms with van der Waals surface area (Å²) in [4.78, 5) is 0. The summed E-state index contributed by atoms with van der Waals surface area (Å²) in [5.41, 5.74) is 7.31. The zero-order valence-corrected chi connectivity index (χ0v) is 10.5. The number of hydrogen-bond acceptors (Lipinski definition) is 3. The van der Waals surface area contributed by atoms with Crippen LogP contribution in [0, 0.1) is 0 Å². The van der Waals surface area contributed by atoms with Crippen molar-refractivity contribution in [1.82, 2.24) is 9.78 Å². The molecule has 0 aromatic carbocycles. The Labute approximate surface area is 97.8 Å². The zero-order chi connectivity index (χ0) is 12.0. The molecule has 1 aromatic heterocycles. The first-order chi connectivity index (χ1) is 7.61. The van der Waals surface area contributed by atoms with Crippen molar-refractivity contribution >= 4 is 0 Å². The van der Waals surface area contributed by atoms with E-state index in [1.54, 1.807) is 7.11 Å². The number of nitrogens with two attached hydrogens (primary N) is 1. The highest BCUT2D eigenvalue weighted by Gasteiger charge is 2.07. The van der Waals surface area contributed by atoms with Crippen LogP contribution in [-0.2, 0) is 18.2 Å². The van der Waals surface area contributed by atoms with E-state index >= 15 is 0 Å². The topological polar surface area (TPSA) is 53.1 Å². The van der Waals surface area contributed by atoms with Gasteiger partial charge in [-0.1, -0.05) is 0 Å². The van der Waals surface area contributed by atoms with Gasteiger partial charge >= 0.3 is 0 Å². The summed E-state index contributed by atoms with van der Waals surface area (Å²) in [6.45, 7) is 2.08. The minimum Gasteiger partial charge on any atom is -0.382 e. The maximum Gasteiger partial charge on any atom is 0.0543 e. The van der Waals surface area contributed by atoms with Crippen LogP contribution in [0.1, 0.15) is 31.7 Å². The van der Waals surface area contributed by atoms with Crippen molar-refractivity contribution in [1.29, 1.82) is 0 Å². The maximum absolute atomic E-state index is 6.05. The van der Waals surface area contributed by atoms with Gasteiger partial charge in [-0.15, -0.1) is 0 Å². The largest absolute Gasteiger partial charge is 0.382 e. The van der Waals surface area contributed by atoms with E-state index in [9.17, 15) is 0 Å². The smallest absolute Gasteiger partial charge is 0.0543 e. The molecule has 2 N–H and O–H groups in total. The molecule has 92 valence electrons. The van der Waals surface area contributed by atoms with Crippen molar-refractivity contribution in [3.05, 3.63) is 18.0 Å². The lowest BCUT2D eigenvalue weighted by atomic mass is 10.0. The standard InChI is InChI=1S/C12H23N3O/c1-10(16-3)4-6-12(13)7-5-11-8-14-15(2)9-11/h8-10,12H,4-7,13H2,1-3H3. The summed E-state index contributed by atoms with van der Waals surface area (Å²) < 4.78 is 7.03. The Hall–Kier alpha value is -0.870. The Balaban J connectivity index is 2.17. The molecule has 0 bridgehead atoms. The summed E-state index contributed by atoms with van der Waals surface area (Å²) in [7, 11) is 3.68. The first-order valence-electron chi connectivity index (χ1n) is 5.87. The van der Waals surface area contributed by atoms with Gasteiger partial charge in [0.05, 0.1) is 12.3 Å². The second kappa shape index (κ2) is 6.66. The van der Waals surface area contributed by atoms with Gasteiger partial charge in [0.25, 0.3) is 0 Å². The summed E-state index contributed by atoms with van der Waals surface area (Å²) in [6, 6.07) is 0.262. The number of rotatable bonds is 7. The fourth-order valence-corrected chi connectivity index (χ4v) is 1.66. The number of aromatic nitrogens is 2. The van der Waals surface area contributed by atoms with Gasteiger partial charge in [0.1, 0.15) is 0 Å². The van der Waals surface area contributed by atoms with E-state index in [0.29, 0.717) is 6.10 Å². The Bertz CT molecular complexity index is 298. The predicted molar refractivity (Wildman–Crippen MR) is 65.2 cm³/mol. The van der Waals surface area contributed by atoms with Crippen molar-refractivity contribution < 1.29 is 4.74 Å². The molecule has 0 saturated carbocycles. The minimum absolute atomic E-state index is 0.262. The Kier molecular flexibility index (Phi) is 5.49. The highest BCUT2D eigenvalue weighted by atomic mass is 16.5. The van der Waals surface area contributed by atoms with Crippen LogP contribution in [0.5, 0.6) is 0 Å². The molecule has 0 fully saturated rings. The first kappa shape index (κ1) is 13.2. The zero-order valence-electron chi connectivity index (χ0n) is 10.5. The van der Waals surface area contributed by atoms with Gasteiger partial charge < -0.3 is 10.5 Å². The van der Waals surface area contributed by atoms with Gasteiger partial charge in [0.2, 0.25) is 0 Å². The van der Waals surface area contributed by atoms with E-state index in [1.807, 2.05) is 24.1 Å². The molecular formula is C12H23N3O. The third kappa shape index (κ3) is 4.77. The van der Waals surface area contributed by atoms with Crippen LogP contribution in [-0.4, -0.2) is 29.0 Å². The van der Waals surface area contributed by atoms with Crippen molar-refractivity contribution in [3.63, 3.8) is 0 Å². The maximum atomic E-state index is 6.05. The minimum atomic E-state index is 0.262. The fourth-order valence-electron chi connectivity index (χ4n) is 1.66. The molecule has 2 unspecified atom stereocenters. The van der Waals surface area contributed by atoms with Gasteiger partial charge in [-0.25, -0.2) is 0 Å². The van der Waals surface area contributed by atoms with Gasteiger partial charge in [0.15, 0.2) is 0 Å². The van der Waals surface area contributed by atoms with Crippen LogP contribution < -0.4 is 5.73 Å². The van der Waals surface area contributed by atoms with E-state index in [2.05, 4.69) is 12.0 Å². The highest BCUT2D eigenvalue weighted by molar-refractivity contribution is 5.03. The summed E-state index contributed by atoms with van der Waals surface area (Å²) in [6.07, 6.45) is 8.34. The monoisotopic (exact) mass is 225 g/mol. The number of ether oxygens (including phenoxy) is 1. The number of methoxy groups -OCH3 is 1. The van der Waals surface area contributed by atoms with Crippen molar-refractivity contribution in [2.24, 2.45) is 12.8 Å². The molecule has 4 heteroatoms. The molecule has 2 atom stereocenters. The normalized spacial score (nSPS) is 15.0. The first-order valence-corrected chi connectivity index (χ1v) is 5.87. The van der Waals surface area contributed by atoms with Crippen LogP contribution in [0.3, 0.4) is 0 Å². The van der Waals surface area contributed by atoms with Crippen LogP contribution in [0.25, 0.3) is 0 Å². The SMILES string of the molecule is COC(C)CCC(N)CCc1cnn(C)c1. The van der Waals surface area contributed by atoms with Crippen molar-refractivity contribution in [3.8, 4) is 0 Å². The molecule has 1 heterocycles. The summed E-state index contributed by atoms with van der Waals surface area (Å²) in [5.74, 6) is 0. The fraction of sp³-hybridized carbons (Fsp3) is 0.750. The van der Waals surface area contributed by atoms with E-state index in [1.165, 1.54) is 5.56 Å². The Morgan fingerprint density at radius 1 is 1.44 bits per heavy atom. The lowest BCUT2D eigenvalue weighted by Crippen LogP contribution is -2.22. The van der Waals surface area contributed by atoms with E-state index in [0.717, 1.165) is 25.7 Å². The number of aryl methyl sites for hydroxylation is 2. The molecule has 0 amide bonds. The van der Waals surface area contributed by atoms with Crippen LogP contribution >= 0.6 is 0 Å². The van der Waals surface area contributed by atoms with E-state index in [4.69, 9.17) is 10.5 Å². The lowest BCUT2D eigenvalue weighted by molar-refractivity contribution is 0.107. The number of hydrogen-bond donors (Lipinski definition) is 1. The van der Waals surface area contributed by atoms with Crippen molar-refractivity contribution in [2.75, 3.05) is 7.11 Å². The van der Waals surface area contributed by atoms with Gasteiger partial charge in [-0.3, -0.25) is 4.68 Å². The molecule has 0 aliphatic heterocycles. The molecule has 16 heavy (non-hydrogen) atoms. The molecule has 0 radical (unpaired) electrons. The molecule has 1 aromatic rings. The van der Waals surface area contributed by atoms with E-state index in [-0.39, 0.29) is 6.04 Å². The summed E-state index contributed by atoms with van der Waals surface area (Å²) in [5, 5.41) is 4.14. The van der Waals surface area contributed by atoms with Crippen LogP contribution in [0.4, 0.5) is 0 Å². The van der Waals surface area contributed by atoms with Crippen molar-refractivity contribution in [2.45, 2.75) is 44.8 Å². The van der Waals surface area contributed by atoms with Gasteiger partial charge in [0, 0.05) is 26.4 Å². The highest BCUT2D eigenvalue weighted by Crippen LogP contribution is 2.08. The second-order valence-corrected chi connectivity index (χ2v) is 4.44. The molecule has 0 aliphatic carbocycles. The second-order valence-electron chi connectivity index (χ2n) is 4.44. The quantitative estimate of drug-likeness (QED) is 0.765. The number of nitrogens with zero attached hydrogens (tertiary/aromatic N) is 2. The molecule has 4 nitrogen and oxygen atoms in total. The lowest BCUT2D eigenvalue weighted by Gasteiger charge is -2.14. The molecule has 0 aliphatic rings. The molecule has 0 spiro atoms. The third-order valence-electron chi connectivity index (χ3n) is 2.91. The molecule has 0 saturated heterocycles. The van der Waals surface area contributed by atoms with Gasteiger partial charge in [-0.05, 0) is 38.2 Å². The van der Waals surface area contributed by atoms with Crippen LogP contribution in [0.15, 0.2) is 12.4 Å². The Morgan fingerprint density at radius 2 is 2.19 bits per heavy atom. The molecule has 1 rings (SSSR count). The third-order valence-corrected chi connectivity index (χ3v) is 2.91. The summed E-state index contributed by atoms with van der Waals surface area (Å²) >= 11 is 0. The molecular weight excluding hydrogens is 202 g/mol. The Morgan fingerprint density at radius 3 is 2.75 bits per heavy atom. The van der Waals surface area contributed by atoms with Gasteiger partial charge in [-0.2, -0.15) is 5.10 Å². The predicted octanol–water partition coefficient (Wildman–Crippen LogP) is 1.50. The van der Waals surface area contributed by atoms with Crippen LogP contribution in [0.2, 0.25) is 0 Å². The van der Waals surface area contributed by atoms with E-state index < -0.39 is 0 Å². The average molecular weight is 225 g/mol.